The van der Waals surface area contributed by atoms with Crippen LogP contribution in [-0.2, 0) is 6.42 Å². The van der Waals surface area contributed by atoms with Gasteiger partial charge in [0.25, 0.3) is 0 Å². The number of aryl methyl sites for hydroxylation is 1. The summed E-state index contributed by atoms with van der Waals surface area (Å²) in [5.41, 5.74) is 2.19. The second-order valence-corrected chi connectivity index (χ2v) is 6.58. The van der Waals surface area contributed by atoms with Crippen LogP contribution in [0.5, 0.6) is 5.75 Å². The van der Waals surface area contributed by atoms with Gasteiger partial charge in [0.1, 0.15) is 0 Å². The van der Waals surface area contributed by atoms with Crippen LogP contribution in [0, 0.1) is 0 Å². The van der Waals surface area contributed by atoms with Crippen LogP contribution in [0.2, 0.25) is 0 Å². The number of aliphatic hydroxyl groups is 1. The highest BCUT2D eigenvalue weighted by Gasteiger charge is 2.03. The fourth-order valence-electron chi connectivity index (χ4n) is 2.54. The van der Waals surface area contributed by atoms with Crippen molar-refractivity contribution in [2.24, 2.45) is 0 Å². The molecular weight excluding hydrogens is 324 g/mol. The maximum atomic E-state index is 9.36. The van der Waals surface area contributed by atoms with E-state index in [2.05, 4.69) is 41.2 Å². The number of allylic oxidation sites excluding steroid dienone is 1. The molecule has 0 aliphatic carbocycles. The SMILES string of the molecule is CCCC/C=C\CCOc1cnc(-c2ccc(CCC(C)O)cc2)nc1. The lowest BCUT2D eigenvalue weighted by Crippen LogP contribution is -2.01. The molecule has 1 aromatic heterocycles. The standard InChI is InChI=1S/C22H30N2O2/c1-3-4-5-6-7-8-15-26-21-16-23-22(24-17-21)20-13-11-19(12-14-20)10-9-18(2)25/h6-7,11-14,16-18,25H,3-5,8-10,15H2,1-2H3/b7-6-. The minimum atomic E-state index is -0.266. The molecule has 1 unspecified atom stereocenters. The van der Waals surface area contributed by atoms with Gasteiger partial charge in [0.05, 0.1) is 25.1 Å². The van der Waals surface area contributed by atoms with Crippen LogP contribution < -0.4 is 4.74 Å². The first-order valence-corrected chi connectivity index (χ1v) is 9.56. The van der Waals surface area contributed by atoms with Gasteiger partial charge in [-0.15, -0.1) is 0 Å². The third-order valence-corrected chi connectivity index (χ3v) is 4.14. The predicted molar refractivity (Wildman–Crippen MR) is 106 cm³/mol. The Morgan fingerprint density at radius 2 is 1.77 bits per heavy atom. The zero-order chi connectivity index (χ0) is 18.6. The van der Waals surface area contributed by atoms with Crippen LogP contribution in [0.15, 0.2) is 48.8 Å². The topological polar surface area (TPSA) is 55.2 Å². The molecule has 1 heterocycles. The first-order chi connectivity index (χ1) is 12.7. The fourth-order valence-corrected chi connectivity index (χ4v) is 2.54. The number of rotatable bonds is 11. The molecule has 0 fully saturated rings. The minimum absolute atomic E-state index is 0.266. The van der Waals surface area contributed by atoms with Gasteiger partial charge in [0.15, 0.2) is 11.6 Å². The summed E-state index contributed by atoms with van der Waals surface area (Å²) < 4.78 is 5.68. The smallest absolute Gasteiger partial charge is 0.159 e. The van der Waals surface area contributed by atoms with Crippen molar-refractivity contribution in [1.29, 1.82) is 0 Å². The van der Waals surface area contributed by atoms with Crippen LogP contribution >= 0.6 is 0 Å². The number of hydrogen-bond acceptors (Lipinski definition) is 4. The van der Waals surface area contributed by atoms with Gasteiger partial charge in [-0.1, -0.05) is 56.2 Å². The Balaban J connectivity index is 1.80. The van der Waals surface area contributed by atoms with E-state index in [-0.39, 0.29) is 6.10 Å². The molecule has 140 valence electrons. The lowest BCUT2D eigenvalue weighted by molar-refractivity contribution is 0.185. The summed E-state index contributed by atoms with van der Waals surface area (Å²) in [6, 6.07) is 8.18. The number of benzene rings is 1. The first-order valence-electron chi connectivity index (χ1n) is 9.56. The van der Waals surface area contributed by atoms with Gasteiger partial charge in [-0.25, -0.2) is 9.97 Å². The van der Waals surface area contributed by atoms with Crippen molar-refractivity contribution in [3.8, 4) is 17.1 Å². The second-order valence-electron chi connectivity index (χ2n) is 6.58. The summed E-state index contributed by atoms with van der Waals surface area (Å²) in [6.45, 7) is 4.66. The van der Waals surface area contributed by atoms with E-state index in [4.69, 9.17) is 4.74 Å². The molecule has 0 radical (unpaired) electrons. The zero-order valence-corrected chi connectivity index (χ0v) is 15.9. The van der Waals surface area contributed by atoms with Crippen LogP contribution in [0.1, 0.15) is 51.5 Å². The van der Waals surface area contributed by atoms with Crippen molar-refractivity contribution in [1.82, 2.24) is 9.97 Å². The largest absolute Gasteiger partial charge is 0.490 e. The average molecular weight is 354 g/mol. The Labute approximate surface area is 157 Å². The summed E-state index contributed by atoms with van der Waals surface area (Å²) in [7, 11) is 0. The van der Waals surface area contributed by atoms with Crippen molar-refractivity contribution in [3.63, 3.8) is 0 Å². The van der Waals surface area contributed by atoms with Crippen LogP contribution in [0.4, 0.5) is 0 Å². The molecule has 0 bridgehead atoms. The van der Waals surface area contributed by atoms with E-state index < -0.39 is 0 Å². The van der Waals surface area contributed by atoms with Gasteiger partial charge in [0, 0.05) is 5.56 Å². The van der Waals surface area contributed by atoms with Gasteiger partial charge in [-0.2, -0.15) is 0 Å². The number of hydrogen-bond donors (Lipinski definition) is 1. The van der Waals surface area contributed by atoms with Crippen molar-refractivity contribution >= 4 is 0 Å². The van der Waals surface area contributed by atoms with Gasteiger partial charge in [0.2, 0.25) is 0 Å². The van der Waals surface area contributed by atoms with Crippen LogP contribution in [0.25, 0.3) is 11.4 Å². The third-order valence-electron chi connectivity index (χ3n) is 4.14. The molecule has 0 saturated carbocycles. The fraction of sp³-hybridized carbons (Fsp3) is 0.455. The average Bonchev–Trinajstić information content (AvgIpc) is 2.66. The maximum absolute atomic E-state index is 9.36. The quantitative estimate of drug-likeness (QED) is 0.457. The molecular formula is C22H30N2O2. The molecule has 26 heavy (non-hydrogen) atoms. The maximum Gasteiger partial charge on any atom is 0.159 e. The number of nitrogens with zero attached hydrogens (tertiary/aromatic N) is 2. The molecule has 1 atom stereocenters. The Morgan fingerprint density at radius 1 is 1.08 bits per heavy atom. The first kappa shape index (κ1) is 20.1. The number of ether oxygens (including phenoxy) is 1. The number of aliphatic hydroxyl groups excluding tert-OH is 1. The Kier molecular flexibility index (Phi) is 8.84. The lowest BCUT2D eigenvalue weighted by Gasteiger charge is -2.07. The van der Waals surface area contributed by atoms with Crippen LogP contribution in [-0.4, -0.2) is 27.8 Å². The lowest BCUT2D eigenvalue weighted by atomic mass is 10.1. The minimum Gasteiger partial charge on any atom is -0.490 e. The molecule has 2 aromatic rings. The monoisotopic (exact) mass is 354 g/mol. The highest BCUT2D eigenvalue weighted by atomic mass is 16.5. The van der Waals surface area contributed by atoms with E-state index in [1.54, 1.807) is 12.4 Å². The summed E-state index contributed by atoms with van der Waals surface area (Å²) in [5, 5.41) is 9.36. The second kappa shape index (κ2) is 11.4. The Bertz CT molecular complexity index is 649. The molecule has 4 nitrogen and oxygen atoms in total. The number of unbranched alkanes of at least 4 members (excludes halogenated alkanes) is 2. The van der Waals surface area contributed by atoms with Gasteiger partial charge < -0.3 is 9.84 Å². The molecule has 0 aliphatic rings. The van der Waals surface area contributed by atoms with E-state index >= 15 is 0 Å². The Morgan fingerprint density at radius 3 is 2.42 bits per heavy atom. The van der Waals surface area contributed by atoms with Crippen molar-refractivity contribution in [3.05, 3.63) is 54.4 Å². The normalized spacial score (nSPS) is 12.4. The summed E-state index contributed by atoms with van der Waals surface area (Å²) in [5.74, 6) is 1.39. The van der Waals surface area contributed by atoms with E-state index in [9.17, 15) is 5.11 Å². The van der Waals surface area contributed by atoms with Crippen molar-refractivity contribution in [2.75, 3.05) is 6.61 Å². The van der Waals surface area contributed by atoms with E-state index in [0.717, 1.165) is 31.2 Å². The molecule has 2 rings (SSSR count). The Hall–Kier alpha value is -2.20. The number of aromatic nitrogens is 2. The van der Waals surface area contributed by atoms with Gasteiger partial charge in [-0.05, 0) is 38.2 Å². The van der Waals surface area contributed by atoms with Gasteiger partial charge in [-0.3, -0.25) is 0 Å². The zero-order valence-electron chi connectivity index (χ0n) is 15.9. The van der Waals surface area contributed by atoms with E-state index in [1.807, 2.05) is 19.1 Å². The highest BCUT2D eigenvalue weighted by Crippen LogP contribution is 2.18. The van der Waals surface area contributed by atoms with E-state index in [0.29, 0.717) is 18.2 Å². The van der Waals surface area contributed by atoms with Crippen LogP contribution in [0.3, 0.4) is 0 Å². The van der Waals surface area contributed by atoms with E-state index in [1.165, 1.54) is 18.4 Å². The predicted octanol–water partition coefficient (Wildman–Crippen LogP) is 4.97. The summed E-state index contributed by atoms with van der Waals surface area (Å²) >= 11 is 0. The third kappa shape index (κ3) is 7.36. The molecule has 4 heteroatoms. The molecule has 1 N–H and O–H groups in total. The molecule has 0 spiro atoms. The molecule has 0 saturated heterocycles. The summed E-state index contributed by atoms with van der Waals surface area (Å²) in [6.07, 6.45) is 13.7. The summed E-state index contributed by atoms with van der Waals surface area (Å²) in [4.78, 5) is 8.80. The van der Waals surface area contributed by atoms with Gasteiger partial charge >= 0.3 is 0 Å². The highest BCUT2D eigenvalue weighted by molar-refractivity contribution is 5.55. The van der Waals surface area contributed by atoms with Crippen molar-refractivity contribution in [2.45, 2.75) is 58.5 Å². The molecule has 0 aliphatic heterocycles. The van der Waals surface area contributed by atoms with Crippen molar-refractivity contribution < 1.29 is 9.84 Å². The molecule has 0 amide bonds. The molecule has 1 aromatic carbocycles.